The quantitative estimate of drug-likeness (QED) is 0.711. The summed E-state index contributed by atoms with van der Waals surface area (Å²) in [6.07, 6.45) is 1.80. The number of rotatable bonds is 1. The molecular formula is C16H17NO. The average Bonchev–Trinajstić information content (AvgIpc) is 2.33. The lowest BCUT2D eigenvalue weighted by atomic mass is 10.1. The number of aromatic nitrogens is 1. The number of nitrogens with zero attached hydrogens (tertiary/aromatic N) is 1. The van der Waals surface area contributed by atoms with E-state index in [4.69, 9.17) is 4.74 Å². The van der Waals surface area contributed by atoms with Crippen molar-refractivity contribution in [1.29, 1.82) is 0 Å². The van der Waals surface area contributed by atoms with Gasteiger partial charge in [-0.25, -0.2) is 0 Å². The molecule has 0 unspecified atom stereocenters. The number of para-hydroxylation sites is 1. The standard InChI is InChI=1S/C16H17NO/c1-16(2,3)18-10-6-7-13-11-14-8-4-5-9-15(14)17-12-13/h4-5,8-9,11-12H,10H2,1-3H3. The first-order chi connectivity index (χ1) is 8.54. The molecule has 2 aromatic rings. The van der Waals surface area contributed by atoms with Crippen LogP contribution in [0.5, 0.6) is 0 Å². The summed E-state index contributed by atoms with van der Waals surface area (Å²) in [5.74, 6) is 6.08. The van der Waals surface area contributed by atoms with Gasteiger partial charge in [0.25, 0.3) is 0 Å². The van der Waals surface area contributed by atoms with Gasteiger partial charge < -0.3 is 4.74 Å². The van der Waals surface area contributed by atoms with E-state index in [0.29, 0.717) is 6.61 Å². The van der Waals surface area contributed by atoms with Crippen LogP contribution in [0.15, 0.2) is 36.5 Å². The minimum Gasteiger partial charge on any atom is -0.363 e. The molecule has 0 bridgehead atoms. The highest BCUT2D eigenvalue weighted by atomic mass is 16.5. The Hall–Kier alpha value is -1.85. The fraction of sp³-hybridized carbons (Fsp3) is 0.312. The van der Waals surface area contributed by atoms with Gasteiger partial charge in [-0.1, -0.05) is 30.0 Å². The Balaban J connectivity index is 2.10. The largest absolute Gasteiger partial charge is 0.363 e. The van der Waals surface area contributed by atoms with Gasteiger partial charge in [0.2, 0.25) is 0 Å². The van der Waals surface area contributed by atoms with Gasteiger partial charge in [0.1, 0.15) is 6.61 Å². The Morgan fingerprint density at radius 1 is 1.22 bits per heavy atom. The molecule has 1 aromatic carbocycles. The van der Waals surface area contributed by atoms with Crippen LogP contribution in [0.25, 0.3) is 10.9 Å². The van der Waals surface area contributed by atoms with Crippen LogP contribution in [-0.4, -0.2) is 17.2 Å². The van der Waals surface area contributed by atoms with Gasteiger partial charge in [0.15, 0.2) is 0 Å². The molecule has 0 atom stereocenters. The number of ether oxygens (including phenoxy) is 1. The molecule has 0 saturated carbocycles. The van der Waals surface area contributed by atoms with Crippen molar-refractivity contribution >= 4 is 10.9 Å². The second-order valence-electron chi connectivity index (χ2n) is 5.12. The van der Waals surface area contributed by atoms with Gasteiger partial charge >= 0.3 is 0 Å². The molecule has 0 spiro atoms. The zero-order chi connectivity index (χ0) is 13.0. The van der Waals surface area contributed by atoms with E-state index in [1.807, 2.05) is 51.1 Å². The van der Waals surface area contributed by atoms with E-state index in [-0.39, 0.29) is 5.60 Å². The molecule has 2 heteroatoms. The van der Waals surface area contributed by atoms with Gasteiger partial charge in [0.05, 0.1) is 11.1 Å². The highest BCUT2D eigenvalue weighted by Gasteiger charge is 2.07. The Morgan fingerprint density at radius 3 is 2.78 bits per heavy atom. The van der Waals surface area contributed by atoms with Gasteiger partial charge in [0, 0.05) is 17.1 Å². The summed E-state index contributed by atoms with van der Waals surface area (Å²) in [4.78, 5) is 4.37. The summed E-state index contributed by atoms with van der Waals surface area (Å²) in [6, 6.07) is 10.1. The van der Waals surface area contributed by atoms with E-state index in [0.717, 1.165) is 16.5 Å². The lowest BCUT2D eigenvalue weighted by molar-refractivity contribution is 0.0181. The Kier molecular flexibility index (Phi) is 3.64. The maximum absolute atomic E-state index is 5.54. The molecule has 0 fully saturated rings. The van der Waals surface area contributed by atoms with E-state index in [9.17, 15) is 0 Å². The van der Waals surface area contributed by atoms with Crippen LogP contribution in [0.3, 0.4) is 0 Å². The second-order valence-corrected chi connectivity index (χ2v) is 5.12. The van der Waals surface area contributed by atoms with Gasteiger partial charge in [-0.2, -0.15) is 0 Å². The molecule has 1 aromatic heterocycles. The highest BCUT2D eigenvalue weighted by molar-refractivity contribution is 5.79. The van der Waals surface area contributed by atoms with Crippen molar-refractivity contribution in [2.24, 2.45) is 0 Å². The number of benzene rings is 1. The van der Waals surface area contributed by atoms with Crippen molar-refractivity contribution < 1.29 is 4.74 Å². The van der Waals surface area contributed by atoms with Crippen LogP contribution in [-0.2, 0) is 4.74 Å². The predicted molar refractivity (Wildman–Crippen MR) is 74.3 cm³/mol. The third kappa shape index (κ3) is 3.58. The third-order valence-electron chi connectivity index (χ3n) is 2.40. The van der Waals surface area contributed by atoms with E-state index < -0.39 is 0 Å². The van der Waals surface area contributed by atoms with Crippen LogP contribution in [0.2, 0.25) is 0 Å². The van der Waals surface area contributed by atoms with Crippen LogP contribution in [0.1, 0.15) is 26.3 Å². The summed E-state index contributed by atoms with van der Waals surface area (Å²) >= 11 is 0. The zero-order valence-corrected chi connectivity index (χ0v) is 11.0. The fourth-order valence-corrected chi connectivity index (χ4v) is 1.53. The molecule has 18 heavy (non-hydrogen) atoms. The summed E-state index contributed by atoms with van der Waals surface area (Å²) in [5, 5.41) is 1.11. The lowest BCUT2D eigenvalue weighted by Gasteiger charge is -2.16. The number of pyridine rings is 1. The van der Waals surface area contributed by atoms with Gasteiger partial charge in [-0.05, 0) is 32.9 Å². The molecule has 0 radical (unpaired) electrons. The SMILES string of the molecule is CC(C)(C)OCC#Cc1cnc2ccccc2c1. The number of fused-ring (bicyclic) bond motifs is 1. The maximum atomic E-state index is 5.54. The molecule has 0 aliphatic heterocycles. The lowest BCUT2D eigenvalue weighted by Crippen LogP contribution is -2.19. The van der Waals surface area contributed by atoms with Crippen molar-refractivity contribution in [3.8, 4) is 11.8 Å². The number of hydrogen-bond donors (Lipinski definition) is 0. The van der Waals surface area contributed by atoms with E-state index in [2.05, 4.69) is 16.8 Å². The van der Waals surface area contributed by atoms with Crippen LogP contribution in [0.4, 0.5) is 0 Å². The fourth-order valence-electron chi connectivity index (χ4n) is 1.53. The topological polar surface area (TPSA) is 22.1 Å². The van der Waals surface area contributed by atoms with Crippen molar-refractivity contribution in [1.82, 2.24) is 4.98 Å². The summed E-state index contributed by atoms with van der Waals surface area (Å²) in [7, 11) is 0. The minimum absolute atomic E-state index is 0.143. The van der Waals surface area contributed by atoms with Gasteiger partial charge in [-0.15, -0.1) is 0 Å². The molecule has 0 aliphatic carbocycles. The van der Waals surface area contributed by atoms with Gasteiger partial charge in [-0.3, -0.25) is 4.98 Å². The molecule has 0 saturated heterocycles. The normalized spacial score (nSPS) is 11.1. The second kappa shape index (κ2) is 5.20. The third-order valence-corrected chi connectivity index (χ3v) is 2.40. The van der Waals surface area contributed by atoms with Crippen LogP contribution in [0, 0.1) is 11.8 Å². The Bertz CT molecular complexity index is 600. The van der Waals surface area contributed by atoms with Crippen LogP contribution >= 0.6 is 0 Å². The minimum atomic E-state index is -0.143. The highest BCUT2D eigenvalue weighted by Crippen LogP contribution is 2.11. The first-order valence-electron chi connectivity index (χ1n) is 6.02. The molecule has 0 N–H and O–H groups in total. The molecule has 1 heterocycles. The maximum Gasteiger partial charge on any atom is 0.108 e. The van der Waals surface area contributed by atoms with E-state index in [1.54, 1.807) is 6.20 Å². The van der Waals surface area contributed by atoms with Crippen molar-refractivity contribution in [3.05, 3.63) is 42.1 Å². The Morgan fingerprint density at radius 2 is 2.00 bits per heavy atom. The predicted octanol–water partition coefficient (Wildman–Crippen LogP) is 3.40. The molecule has 92 valence electrons. The first-order valence-corrected chi connectivity index (χ1v) is 6.02. The monoisotopic (exact) mass is 239 g/mol. The Labute approximate surface area is 108 Å². The summed E-state index contributed by atoms with van der Waals surface area (Å²) in [5.41, 5.74) is 1.77. The molecule has 2 nitrogen and oxygen atoms in total. The molecular weight excluding hydrogens is 222 g/mol. The first kappa shape index (κ1) is 12.6. The summed E-state index contributed by atoms with van der Waals surface area (Å²) < 4.78 is 5.54. The molecule has 0 aliphatic rings. The smallest absolute Gasteiger partial charge is 0.108 e. The van der Waals surface area contributed by atoms with E-state index in [1.165, 1.54) is 0 Å². The molecule has 2 rings (SSSR count). The summed E-state index contributed by atoms with van der Waals surface area (Å²) in [6.45, 7) is 6.50. The van der Waals surface area contributed by atoms with Crippen molar-refractivity contribution in [2.75, 3.05) is 6.61 Å². The van der Waals surface area contributed by atoms with E-state index >= 15 is 0 Å². The number of hydrogen-bond acceptors (Lipinski definition) is 2. The zero-order valence-electron chi connectivity index (χ0n) is 11.0. The van der Waals surface area contributed by atoms with Crippen molar-refractivity contribution in [2.45, 2.75) is 26.4 Å². The average molecular weight is 239 g/mol. The molecule has 0 amide bonds. The van der Waals surface area contributed by atoms with Crippen LogP contribution < -0.4 is 0 Å². The van der Waals surface area contributed by atoms with Crippen molar-refractivity contribution in [3.63, 3.8) is 0 Å².